The summed E-state index contributed by atoms with van der Waals surface area (Å²) in [5.41, 5.74) is 0.595. The first-order valence-corrected chi connectivity index (χ1v) is 6.78. The number of hydrogen-bond acceptors (Lipinski definition) is 3. The van der Waals surface area contributed by atoms with Gasteiger partial charge in [0.2, 0.25) is 0 Å². The quantitative estimate of drug-likeness (QED) is 0.895. The fourth-order valence-electron chi connectivity index (χ4n) is 2.76. The Morgan fingerprint density at radius 2 is 2.33 bits per heavy atom. The van der Waals surface area contributed by atoms with Crippen LogP contribution in [0.4, 0.5) is 10.2 Å². The molecule has 0 spiro atoms. The van der Waals surface area contributed by atoms with Crippen LogP contribution in [0.25, 0.3) is 0 Å². The summed E-state index contributed by atoms with van der Waals surface area (Å²) >= 11 is 0. The van der Waals surface area contributed by atoms with Crippen LogP contribution in [0.1, 0.15) is 44.6 Å². The number of nitrogens with zero attached hydrogens (tertiary/aromatic N) is 2. The van der Waals surface area contributed by atoms with Crippen LogP contribution in [0.2, 0.25) is 0 Å². The molecule has 1 atom stereocenters. The standard InChI is InChI=1S/C14H21FN2O/c1-2-5-13-6-3-4-7-17(13)14-11(10-18)8-12(15)9-16-14/h8-9,13,18H,2-7,10H2,1H3. The highest BCUT2D eigenvalue weighted by atomic mass is 19.1. The number of aromatic nitrogens is 1. The molecule has 4 heteroatoms. The molecule has 0 saturated carbocycles. The SMILES string of the molecule is CCCC1CCCCN1c1ncc(F)cc1CO. The topological polar surface area (TPSA) is 36.4 Å². The second-order valence-corrected chi connectivity index (χ2v) is 4.93. The van der Waals surface area contributed by atoms with Gasteiger partial charge in [0.1, 0.15) is 11.6 Å². The third-order valence-electron chi connectivity index (χ3n) is 3.60. The molecule has 0 aliphatic carbocycles. The van der Waals surface area contributed by atoms with Crippen molar-refractivity contribution in [2.75, 3.05) is 11.4 Å². The lowest BCUT2D eigenvalue weighted by molar-refractivity contribution is 0.280. The number of aliphatic hydroxyl groups is 1. The highest BCUT2D eigenvalue weighted by molar-refractivity contribution is 5.48. The normalized spacial score (nSPS) is 20.2. The number of hydrogen-bond donors (Lipinski definition) is 1. The Morgan fingerprint density at radius 3 is 3.06 bits per heavy atom. The van der Waals surface area contributed by atoms with E-state index in [0.717, 1.165) is 38.0 Å². The van der Waals surface area contributed by atoms with Crippen molar-refractivity contribution in [3.63, 3.8) is 0 Å². The Balaban J connectivity index is 2.27. The van der Waals surface area contributed by atoms with Crippen molar-refractivity contribution in [1.29, 1.82) is 0 Å². The van der Waals surface area contributed by atoms with E-state index in [9.17, 15) is 9.50 Å². The molecule has 3 nitrogen and oxygen atoms in total. The van der Waals surface area contributed by atoms with E-state index in [1.807, 2.05) is 0 Å². The summed E-state index contributed by atoms with van der Waals surface area (Å²) < 4.78 is 13.2. The van der Waals surface area contributed by atoms with E-state index in [0.29, 0.717) is 11.6 Å². The number of piperidine rings is 1. The molecule has 1 N–H and O–H groups in total. The number of halogens is 1. The maximum Gasteiger partial charge on any atom is 0.142 e. The molecule has 0 aromatic carbocycles. The molecule has 1 aromatic heterocycles. The van der Waals surface area contributed by atoms with Gasteiger partial charge in [0.05, 0.1) is 12.8 Å². The van der Waals surface area contributed by atoms with Gasteiger partial charge in [0.15, 0.2) is 0 Å². The van der Waals surface area contributed by atoms with Crippen LogP contribution in [0, 0.1) is 5.82 Å². The van der Waals surface area contributed by atoms with Crippen molar-refractivity contribution < 1.29 is 9.50 Å². The molecular formula is C14H21FN2O. The third kappa shape index (κ3) is 2.80. The first-order valence-electron chi connectivity index (χ1n) is 6.78. The third-order valence-corrected chi connectivity index (χ3v) is 3.60. The van der Waals surface area contributed by atoms with Crippen molar-refractivity contribution >= 4 is 5.82 Å². The van der Waals surface area contributed by atoms with E-state index in [-0.39, 0.29) is 12.4 Å². The van der Waals surface area contributed by atoms with Gasteiger partial charge in [-0.15, -0.1) is 0 Å². The number of rotatable bonds is 4. The fraction of sp³-hybridized carbons (Fsp3) is 0.643. The Bertz CT molecular complexity index is 395. The minimum absolute atomic E-state index is 0.157. The maximum absolute atomic E-state index is 13.2. The summed E-state index contributed by atoms with van der Waals surface area (Å²) in [6.07, 6.45) is 7.06. The smallest absolute Gasteiger partial charge is 0.142 e. The minimum atomic E-state index is -0.383. The number of pyridine rings is 1. The van der Waals surface area contributed by atoms with Crippen LogP contribution in [-0.2, 0) is 6.61 Å². The summed E-state index contributed by atoms with van der Waals surface area (Å²) in [7, 11) is 0. The number of anilines is 1. The Kier molecular flexibility index (Phi) is 4.53. The van der Waals surface area contributed by atoms with Gasteiger partial charge in [-0.25, -0.2) is 9.37 Å². The monoisotopic (exact) mass is 252 g/mol. The highest BCUT2D eigenvalue weighted by Crippen LogP contribution is 2.28. The van der Waals surface area contributed by atoms with Crippen LogP contribution >= 0.6 is 0 Å². The van der Waals surface area contributed by atoms with Crippen molar-refractivity contribution in [2.45, 2.75) is 51.7 Å². The summed E-state index contributed by atoms with van der Waals surface area (Å²) in [6, 6.07) is 1.87. The van der Waals surface area contributed by atoms with Gasteiger partial charge in [-0.3, -0.25) is 0 Å². The largest absolute Gasteiger partial charge is 0.392 e. The molecule has 0 amide bonds. The molecule has 2 heterocycles. The van der Waals surface area contributed by atoms with Crippen molar-refractivity contribution in [3.05, 3.63) is 23.6 Å². The highest BCUT2D eigenvalue weighted by Gasteiger charge is 2.24. The summed E-state index contributed by atoms with van der Waals surface area (Å²) in [5.74, 6) is 0.379. The van der Waals surface area contributed by atoms with Crippen LogP contribution in [0.5, 0.6) is 0 Å². The van der Waals surface area contributed by atoms with Gasteiger partial charge in [-0.1, -0.05) is 13.3 Å². The molecule has 1 unspecified atom stereocenters. The van der Waals surface area contributed by atoms with Gasteiger partial charge >= 0.3 is 0 Å². The minimum Gasteiger partial charge on any atom is -0.392 e. The molecule has 100 valence electrons. The van der Waals surface area contributed by atoms with E-state index in [1.165, 1.54) is 18.7 Å². The second-order valence-electron chi connectivity index (χ2n) is 4.93. The second kappa shape index (κ2) is 6.14. The van der Waals surface area contributed by atoms with Crippen molar-refractivity contribution in [2.24, 2.45) is 0 Å². The first kappa shape index (κ1) is 13.3. The molecule has 0 bridgehead atoms. The van der Waals surface area contributed by atoms with E-state index in [2.05, 4.69) is 16.8 Å². The summed E-state index contributed by atoms with van der Waals surface area (Å²) in [6.45, 7) is 2.98. The lowest BCUT2D eigenvalue weighted by atomic mass is 9.97. The Hall–Kier alpha value is -1.16. The summed E-state index contributed by atoms with van der Waals surface area (Å²) in [5, 5.41) is 9.36. The van der Waals surface area contributed by atoms with Crippen LogP contribution in [0.15, 0.2) is 12.3 Å². The molecule has 2 rings (SSSR count). The van der Waals surface area contributed by atoms with Crippen molar-refractivity contribution in [3.8, 4) is 0 Å². The number of aliphatic hydroxyl groups excluding tert-OH is 1. The molecule has 1 saturated heterocycles. The molecule has 0 radical (unpaired) electrons. The summed E-state index contributed by atoms with van der Waals surface area (Å²) in [4.78, 5) is 6.44. The van der Waals surface area contributed by atoms with Crippen LogP contribution in [-0.4, -0.2) is 22.7 Å². The predicted octanol–water partition coefficient (Wildman–Crippen LogP) is 2.87. The van der Waals surface area contributed by atoms with Crippen LogP contribution < -0.4 is 4.90 Å². The van der Waals surface area contributed by atoms with E-state index in [1.54, 1.807) is 0 Å². The van der Waals surface area contributed by atoms with Gasteiger partial charge in [-0.05, 0) is 31.7 Å². The molecule has 1 fully saturated rings. The van der Waals surface area contributed by atoms with Gasteiger partial charge in [-0.2, -0.15) is 0 Å². The maximum atomic E-state index is 13.2. The predicted molar refractivity (Wildman–Crippen MR) is 70.0 cm³/mol. The van der Waals surface area contributed by atoms with Gasteiger partial charge in [0, 0.05) is 18.2 Å². The lowest BCUT2D eigenvalue weighted by Crippen LogP contribution is -2.40. The molecule has 1 aromatic rings. The average molecular weight is 252 g/mol. The zero-order valence-corrected chi connectivity index (χ0v) is 10.9. The van der Waals surface area contributed by atoms with E-state index < -0.39 is 0 Å². The zero-order chi connectivity index (χ0) is 13.0. The Morgan fingerprint density at radius 1 is 1.50 bits per heavy atom. The molecule has 1 aliphatic rings. The zero-order valence-electron chi connectivity index (χ0n) is 10.9. The molecular weight excluding hydrogens is 231 g/mol. The van der Waals surface area contributed by atoms with E-state index >= 15 is 0 Å². The van der Waals surface area contributed by atoms with Crippen LogP contribution in [0.3, 0.4) is 0 Å². The Labute approximate surface area is 108 Å². The van der Waals surface area contributed by atoms with Crippen molar-refractivity contribution in [1.82, 2.24) is 4.98 Å². The molecule has 18 heavy (non-hydrogen) atoms. The molecule has 1 aliphatic heterocycles. The average Bonchev–Trinajstić information content (AvgIpc) is 2.40. The van der Waals surface area contributed by atoms with E-state index in [4.69, 9.17) is 0 Å². The first-order chi connectivity index (χ1) is 8.76. The van der Waals surface area contributed by atoms with Gasteiger partial charge in [0.25, 0.3) is 0 Å². The fourth-order valence-corrected chi connectivity index (χ4v) is 2.76. The van der Waals surface area contributed by atoms with Gasteiger partial charge < -0.3 is 10.0 Å². The lowest BCUT2D eigenvalue weighted by Gasteiger charge is -2.37.